The fourth-order valence-electron chi connectivity index (χ4n) is 2.12. The summed E-state index contributed by atoms with van der Waals surface area (Å²) >= 11 is 0. The van der Waals surface area contributed by atoms with Crippen LogP contribution in [0.25, 0.3) is 0 Å². The Morgan fingerprint density at radius 3 is 2.83 bits per heavy atom. The topological polar surface area (TPSA) is 95.7 Å². The van der Waals surface area contributed by atoms with Crippen molar-refractivity contribution in [1.29, 1.82) is 0 Å². The Hall–Kier alpha value is -1.92. The molecule has 1 heterocycles. The van der Waals surface area contributed by atoms with E-state index in [9.17, 15) is 9.59 Å². The van der Waals surface area contributed by atoms with Gasteiger partial charge in [-0.2, -0.15) is 0 Å². The molecule has 6 nitrogen and oxygen atoms in total. The van der Waals surface area contributed by atoms with Crippen LogP contribution in [0.5, 0.6) is 0 Å². The monoisotopic (exact) mass is 249 g/mol. The van der Waals surface area contributed by atoms with Gasteiger partial charge in [-0.1, -0.05) is 12.1 Å². The molecule has 96 valence electrons. The van der Waals surface area contributed by atoms with Crippen LogP contribution in [-0.2, 0) is 4.79 Å². The van der Waals surface area contributed by atoms with Crippen molar-refractivity contribution in [1.82, 2.24) is 5.43 Å². The fraction of sp³-hybridized carbons (Fsp3) is 0.333. The second kappa shape index (κ2) is 5.16. The summed E-state index contributed by atoms with van der Waals surface area (Å²) in [6.07, 6.45) is 0.301. The molecular formula is C12H15N3O3. The zero-order chi connectivity index (χ0) is 13.1. The number of nitrogens with one attached hydrogen (secondary N) is 1. The molecule has 0 saturated carbocycles. The number of rotatable bonds is 3. The van der Waals surface area contributed by atoms with Gasteiger partial charge in [0.25, 0.3) is 5.91 Å². The van der Waals surface area contributed by atoms with E-state index in [1.165, 1.54) is 4.90 Å². The molecule has 1 fully saturated rings. The first-order valence-electron chi connectivity index (χ1n) is 5.68. The van der Waals surface area contributed by atoms with Crippen molar-refractivity contribution in [2.75, 3.05) is 18.1 Å². The van der Waals surface area contributed by atoms with Gasteiger partial charge in [-0.25, -0.2) is 5.84 Å². The first kappa shape index (κ1) is 12.5. The standard InChI is InChI=1S/C12H15N3O3/c13-14-12(18)9-3-1-2-4-10(9)15-6-8(7-16)5-11(15)17/h1-4,8,16H,5-7,13H2,(H,14,18). The van der Waals surface area contributed by atoms with Crippen LogP contribution in [0.2, 0.25) is 0 Å². The number of anilines is 1. The van der Waals surface area contributed by atoms with Crippen LogP contribution in [0, 0.1) is 5.92 Å². The maximum absolute atomic E-state index is 11.9. The maximum Gasteiger partial charge on any atom is 0.267 e. The Bertz CT molecular complexity index is 475. The van der Waals surface area contributed by atoms with Crippen LogP contribution in [-0.4, -0.2) is 30.1 Å². The lowest BCUT2D eigenvalue weighted by molar-refractivity contribution is -0.117. The van der Waals surface area contributed by atoms with Crippen LogP contribution in [0.3, 0.4) is 0 Å². The summed E-state index contributed by atoms with van der Waals surface area (Å²) in [6, 6.07) is 6.76. The summed E-state index contributed by atoms with van der Waals surface area (Å²) in [5.41, 5.74) is 2.94. The molecule has 1 unspecified atom stereocenters. The number of carbonyl (C=O) groups is 2. The third-order valence-electron chi connectivity index (χ3n) is 3.03. The van der Waals surface area contributed by atoms with E-state index in [0.717, 1.165) is 0 Å². The molecule has 1 saturated heterocycles. The molecule has 1 aromatic carbocycles. The van der Waals surface area contributed by atoms with Gasteiger partial charge >= 0.3 is 0 Å². The number of nitrogens with zero attached hydrogens (tertiary/aromatic N) is 1. The van der Waals surface area contributed by atoms with Crippen molar-refractivity contribution in [2.24, 2.45) is 11.8 Å². The highest BCUT2D eigenvalue weighted by atomic mass is 16.3. The number of hydrazine groups is 1. The zero-order valence-corrected chi connectivity index (χ0v) is 9.80. The Balaban J connectivity index is 2.34. The van der Waals surface area contributed by atoms with Crippen LogP contribution < -0.4 is 16.2 Å². The van der Waals surface area contributed by atoms with Gasteiger partial charge in [0.15, 0.2) is 0 Å². The number of nitrogen functional groups attached to an aromatic ring is 1. The molecule has 4 N–H and O–H groups in total. The second-order valence-corrected chi connectivity index (χ2v) is 4.25. The lowest BCUT2D eigenvalue weighted by atomic mass is 10.1. The lowest BCUT2D eigenvalue weighted by Crippen LogP contribution is -2.33. The molecule has 0 spiro atoms. The van der Waals surface area contributed by atoms with Crippen molar-refractivity contribution >= 4 is 17.5 Å². The molecule has 1 aliphatic rings. The van der Waals surface area contributed by atoms with Gasteiger partial charge in [0.2, 0.25) is 5.91 Å². The van der Waals surface area contributed by atoms with Crippen molar-refractivity contribution < 1.29 is 14.7 Å². The first-order valence-corrected chi connectivity index (χ1v) is 5.68. The van der Waals surface area contributed by atoms with E-state index in [2.05, 4.69) is 5.43 Å². The van der Waals surface area contributed by atoms with Gasteiger partial charge < -0.3 is 10.0 Å². The molecule has 0 bridgehead atoms. The van der Waals surface area contributed by atoms with Crippen molar-refractivity contribution in [3.8, 4) is 0 Å². The Kier molecular flexibility index (Phi) is 3.59. The highest BCUT2D eigenvalue weighted by Crippen LogP contribution is 2.27. The predicted molar refractivity (Wildman–Crippen MR) is 65.6 cm³/mol. The van der Waals surface area contributed by atoms with E-state index in [-0.39, 0.29) is 18.4 Å². The van der Waals surface area contributed by atoms with Crippen LogP contribution in [0.4, 0.5) is 5.69 Å². The Morgan fingerprint density at radius 2 is 2.22 bits per heavy atom. The van der Waals surface area contributed by atoms with Gasteiger partial charge in [-0.3, -0.25) is 15.0 Å². The maximum atomic E-state index is 11.9. The highest BCUT2D eigenvalue weighted by Gasteiger charge is 2.31. The molecule has 0 aliphatic carbocycles. The van der Waals surface area contributed by atoms with E-state index in [0.29, 0.717) is 24.2 Å². The van der Waals surface area contributed by atoms with Gasteiger partial charge in [0, 0.05) is 25.5 Å². The average Bonchev–Trinajstić information content (AvgIpc) is 2.79. The average molecular weight is 249 g/mol. The van der Waals surface area contributed by atoms with Gasteiger partial charge in [-0.15, -0.1) is 0 Å². The fourth-order valence-corrected chi connectivity index (χ4v) is 2.12. The lowest BCUT2D eigenvalue weighted by Gasteiger charge is -2.19. The number of aliphatic hydroxyl groups excluding tert-OH is 1. The van der Waals surface area contributed by atoms with Crippen LogP contribution >= 0.6 is 0 Å². The number of aliphatic hydroxyl groups is 1. The molecule has 6 heteroatoms. The van der Waals surface area contributed by atoms with Gasteiger partial charge in [0.05, 0.1) is 11.3 Å². The molecule has 18 heavy (non-hydrogen) atoms. The van der Waals surface area contributed by atoms with Crippen molar-refractivity contribution in [2.45, 2.75) is 6.42 Å². The number of hydrogen-bond donors (Lipinski definition) is 3. The van der Waals surface area contributed by atoms with E-state index in [1.807, 2.05) is 0 Å². The number of amides is 2. The SMILES string of the molecule is NNC(=O)c1ccccc1N1CC(CO)CC1=O. The first-order chi connectivity index (χ1) is 8.67. The molecule has 1 aromatic rings. The molecular weight excluding hydrogens is 234 g/mol. The van der Waals surface area contributed by atoms with E-state index < -0.39 is 5.91 Å². The summed E-state index contributed by atoms with van der Waals surface area (Å²) in [5, 5.41) is 9.09. The van der Waals surface area contributed by atoms with Crippen LogP contribution in [0.1, 0.15) is 16.8 Å². The zero-order valence-electron chi connectivity index (χ0n) is 9.80. The van der Waals surface area contributed by atoms with E-state index in [4.69, 9.17) is 10.9 Å². The summed E-state index contributed by atoms with van der Waals surface area (Å²) in [5.74, 6) is 4.51. The largest absolute Gasteiger partial charge is 0.396 e. The number of hydrogen-bond acceptors (Lipinski definition) is 4. The molecule has 0 aromatic heterocycles. The summed E-state index contributed by atoms with van der Waals surface area (Å²) < 4.78 is 0. The number of nitrogens with two attached hydrogens (primary N) is 1. The molecule has 2 rings (SSSR count). The number of benzene rings is 1. The Morgan fingerprint density at radius 1 is 1.50 bits per heavy atom. The van der Waals surface area contributed by atoms with Gasteiger partial charge in [-0.05, 0) is 12.1 Å². The minimum absolute atomic E-state index is 0.0342. The van der Waals surface area contributed by atoms with Gasteiger partial charge in [0.1, 0.15) is 0 Å². The highest BCUT2D eigenvalue weighted by molar-refractivity contribution is 6.05. The molecule has 0 radical (unpaired) electrons. The second-order valence-electron chi connectivity index (χ2n) is 4.25. The van der Waals surface area contributed by atoms with Crippen molar-refractivity contribution in [3.63, 3.8) is 0 Å². The van der Waals surface area contributed by atoms with Crippen LogP contribution in [0.15, 0.2) is 24.3 Å². The minimum atomic E-state index is -0.439. The molecule has 1 atom stereocenters. The third kappa shape index (κ3) is 2.20. The summed E-state index contributed by atoms with van der Waals surface area (Å²) in [4.78, 5) is 25.0. The molecule has 2 amide bonds. The quantitative estimate of drug-likeness (QED) is 0.387. The third-order valence-corrected chi connectivity index (χ3v) is 3.03. The summed E-state index contributed by atoms with van der Waals surface area (Å²) in [7, 11) is 0. The normalized spacial score (nSPS) is 19.1. The Labute approximate surface area is 104 Å². The van der Waals surface area contributed by atoms with E-state index >= 15 is 0 Å². The molecule has 1 aliphatic heterocycles. The number of carbonyl (C=O) groups excluding carboxylic acids is 2. The van der Waals surface area contributed by atoms with Crippen molar-refractivity contribution in [3.05, 3.63) is 29.8 Å². The summed E-state index contributed by atoms with van der Waals surface area (Å²) in [6.45, 7) is 0.387. The minimum Gasteiger partial charge on any atom is -0.396 e. The smallest absolute Gasteiger partial charge is 0.267 e. The van der Waals surface area contributed by atoms with E-state index in [1.54, 1.807) is 24.3 Å². The predicted octanol–water partition coefficient (Wildman–Crippen LogP) is -0.365. The number of para-hydroxylation sites is 1.